The molecule has 2 amide bonds. The largest absolute Gasteiger partial charge is 0.423 e. The van der Waals surface area contributed by atoms with E-state index in [1.54, 1.807) is 36.4 Å². The lowest BCUT2D eigenvalue weighted by Crippen LogP contribution is -2.18. The Morgan fingerprint density at radius 1 is 0.846 bits per heavy atom. The Labute approximate surface area is 153 Å². The van der Waals surface area contributed by atoms with Gasteiger partial charge in [0.05, 0.1) is 11.5 Å². The number of rotatable bonds is 6. The Kier molecular flexibility index (Phi) is 5.70. The fourth-order valence-corrected chi connectivity index (χ4v) is 2.92. The number of amides is 2. The molecule has 0 aliphatic rings. The van der Waals surface area contributed by atoms with Crippen LogP contribution in [-0.4, -0.2) is 23.3 Å². The molecule has 0 spiro atoms. The molecule has 6 nitrogen and oxygen atoms in total. The van der Waals surface area contributed by atoms with Gasteiger partial charge in [-0.3, -0.25) is 9.59 Å². The van der Waals surface area contributed by atoms with Crippen LogP contribution in [0.25, 0.3) is 11.0 Å². The van der Waals surface area contributed by atoms with E-state index in [1.165, 1.54) is 17.8 Å². The van der Waals surface area contributed by atoms with Crippen LogP contribution < -0.4 is 16.3 Å². The number of nitrogens with one attached hydrogen (secondary N) is 2. The maximum Gasteiger partial charge on any atom is 0.336 e. The van der Waals surface area contributed by atoms with Crippen molar-refractivity contribution in [2.24, 2.45) is 0 Å². The summed E-state index contributed by atoms with van der Waals surface area (Å²) in [5.41, 5.74) is 1.37. The summed E-state index contributed by atoms with van der Waals surface area (Å²) in [7, 11) is 0. The molecule has 7 heteroatoms. The summed E-state index contributed by atoms with van der Waals surface area (Å²) >= 11 is 1.23. The average Bonchev–Trinajstić information content (AvgIpc) is 2.62. The molecule has 3 rings (SSSR count). The van der Waals surface area contributed by atoms with Crippen LogP contribution in [0, 0.1) is 0 Å². The lowest BCUT2D eigenvalue weighted by atomic mass is 10.2. The summed E-state index contributed by atoms with van der Waals surface area (Å²) < 4.78 is 5.04. The summed E-state index contributed by atoms with van der Waals surface area (Å²) in [4.78, 5) is 35.0. The van der Waals surface area contributed by atoms with Gasteiger partial charge in [-0.1, -0.05) is 18.2 Å². The molecule has 0 bridgehead atoms. The van der Waals surface area contributed by atoms with Gasteiger partial charge in [0.15, 0.2) is 0 Å². The van der Waals surface area contributed by atoms with Crippen molar-refractivity contribution in [3.63, 3.8) is 0 Å². The highest BCUT2D eigenvalue weighted by atomic mass is 32.2. The first-order chi connectivity index (χ1) is 12.6. The van der Waals surface area contributed by atoms with E-state index in [4.69, 9.17) is 4.42 Å². The van der Waals surface area contributed by atoms with Gasteiger partial charge < -0.3 is 15.1 Å². The first-order valence-corrected chi connectivity index (χ1v) is 9.02. The van der Waals surface area contributed by atoms with E-state index >= 15 is 0 Å². The number of fused-ring (bicyclic) bond motifs is 1. The minimum Gasteiger partial charge on any atom is -0.423 e. The standard InChI is InChI=1S/C19H16N2O4S/c22-17(20-14-4-2-1-3-5-14)11-26-12-18(23)21-15-7-8-16-13(10-15)6-9-19(24)25-16/h1-10H,11-12H2,(H,20,22)(H,21,23). The molecule has 1 heterocycles. The average molecular weight is 368 g/mol. The van der Waals surface area contributed by atoms with Crippen LogP contribution in [0.4, 0.5) is 11.4 Å². The maximum absolute atomic E-state index is 12.0. The molecule has 0 aliphatic heterocycles. The smallest absolute Gasteiger partial charge is 0.336 e. The number of benzene rings is 2. The van der Waals surface area contributed by atoms with Gasteiger partial charge in [0.25, 0.3) is 0 Å². The number of hydrogen-bond acceptors (Lipinski definition) is 5. The summed E-state index contributed by atoms with van der Waals surface area (Å²) in [6.07, 6.45) is 0. The van der Waals surface area contributed by atoms with Crippen LogP contribution >= 0.6 is 11.8 Å². The molecule has 0 atom stereocenters. The van der Waals surface area contributed by atoms with Crippen LogP contribution in [0.5, 0.6) is 0 Å². The van der Waals surface area contributed by atoms with Crippen molar-refractivity contribution >= 4 is 45.9 Å². The summed E-state index contributed by atoms with van der Waals surface area (Å²) in [6.45, 7) is 0. The van der Waals surface area contributed by atoms with Crippen molar-refractivity contribution in [1.29, 1.82) is 0 Å². The molecule has 2 aromatic carbocycles. The second-order valence-electron chi connectivity index (χ2n) is 5.46. The monoisotopic (exact) mass is 368 g/mol. The quantitative estimate of drug-likeness (QED) is 0.653. The zero-order chi connectivity index (χ0) is 18.4. The van der Waals surface area contributed by atoms with E-state index < -0.39 is 5.63 Å². The summed E-state index contributed by atoms with van der Waals surface area (Å²) in [5, 5.41) is 6.24. The third kappa shape index (κ3) is 4.97. The second kappa shape index (κ2) is 8.35. The van der Waals surface area contributed by atoms with Crippen molar-refractivity contribution in [3.05, 3.63) is 71.1 Å². The zero-order valence-electron chi connectivity index (χ0n) is 13.7. The van der Waals surface area contributed by atoms with Gasteiger partial charge in [-0.15, -0.1) is 11.8 Å². The zero-order valence-corrected chi connectivity index (χ0v) is 14.5. The summed E-state index contributed by atoms with van der Waals surface area (Å²) in [6, 6.07) is 17.1. The Bertz CT molecular complexity index is 986. The summed E-state index contributed by atoms with van der Waals surface area (Å²) in [5.74, 6) is -0.0241. The predicted molar refractivity (Wildman–Crippen MR) is 104 cm³/mol. The highest BCUT2D eigenvalue weighted by molar-refractivity contribution is 8.00. The Morgan fingerprint density at radius 3 is 2.27 bits per heavy atom. The third-order valence-corrected chi connectivity index (χ3v) is 4.36. The molecule has 1 aromatic heterocycles. The topological polar surface area (TPSA) is 88.4 Å². The van der Waals surface area contributed by atoms with Gasteiger partial charge >= 0.3 is 5.63 Å². The van der Waals surface area contributed by atoms with Crippen LogP contribution in [0.15, 0.2) is 69.9 Å². The first-order valence-electron chi connectivity index (χ1n) is 7.86. The van der Waals surface area contributed by atoms with Crippen LogP contribution in [0.3, 0.4) is 0 Å². The lowest BCUT2D eigenvalue weighted by molar-refractivity contribution is -0.114. The highest BCUT2D eigenvalue weighted by Crippen LogP contribution is 2.18. The molecule has 132 valence electrons. The number of carbonyl (C=O) groups is 2. The number of anilines is 2. The Hall–Kier alpha value is -3.06. The fraction of sp³-hybridized carbons (Fsp3) is 0.105. The van der Waals surface area contributed by atoms with Crippen molar-refractivity contribution in [3.8, 4) is 0 Å². The SMILES string of the molecule is O=C(CSCC(=O)Nc1ccc2oc(=O)ccc2c1)Nc1ccccc1. The van der Waals surface area contributed by atoms with E-state index in [0.717, 1.165) is 11.1 Å². The minimum atomic E-state index is -0.417. The maximum atomic E-state index is 12.0. The molecule has 0 unspecified atom stereocenters. The van der Waals surface area contributed by atoms with Gasteiger partial charge in [0.1, 0.15) is 5.58 Å². The van der Waals surface area contributed by atoms with Gasteiger partial charge in [-0.25, -0.2) is 4.79 Å². The Morgan fingerprint density at radius 2 is 1.54 bits per heavy atom. The van der Waals surface area contributed by atoms with E-state index in [2.05, 4.69) is 10.6 Å². The molecule has 0 aliphatic carbocycles. The predicted octanol–water partition coefficient (Wildman–Crippen LogP) is 3.10. The van der Waals surface area contributed by atoms with Gasteiger partial charge in [0, 0.05) is 22.8 Å². The van der Waals surface area contributed by atoms with Crippen LogP contribution in [0.2, 0.25) is 0 Å². The molecule has 0 saturated carbocycles. The van der Waals surface area contributed by atoms with Crippen molar-refractivity contribution in [2.75, 3.05) is 22.1 Å². The number of para-hydroxylation sites is 1. The lowest BCUT2D eigenvalue weighted by Gasteiger charge is -2.07. The normalized spacial score (nSPS) is 10.5. The Balaban J connectivity index is 1.47. The molecule has 26 heavy (non-hydrogen) atoms. The molecular weight excluding hydrogens is 352 g/mol. The number of carbonyl (C=O) groups excluding carboxylic acids is 2. The number of hydrogen-bond donors (Lipinski definition) is 2. The van der Waals surface area contributed by atoms with E-state index in [-0.39, 0.29) is 23.3 Å². The molecule has 0 fully saturated rings. The minimum absolute atomic E-state index is 0.157. The molecule has 2 N–H and O–H groups in total. The molecule has 0 saturated heterocycles. The van der Waals surface area contributed by atoms with E-state index in [0.29, 0.717) is 11.3 Å². The fourth-order valence-electron chi connectivity index (χ4n) is 2.30. The van der Waals surface area contributed by atoms with Crippen molar-refractivity contribution in [1.82, 2.24) is 0 Å². The second-order valence-corrected chi connectivity index (χ2v) is 6.45. The van der Waals surface area contributed by atoms with E-state index in [1.807, 2.05) is 18.2 Å². The van der Waals surface area contributed by atoms with Crippen molar-refractivity contribution in [2.45, 2.75) is 0 Å². The number of thioether (sulfide) groups is 1. The van der Waals surface area contributed by atoms with Gasteiger partial charge in [-0.2, -0.15) is 0 Å². The van der Waals surface area contributed by atoms with E-state index in [9.17, 15) is 14.4 Å². The van der Waals surface area contributed by atoms with Gasteiger partial charge in [-0.05, 0) is 36.4 Å². The van der Waals surface area contributed by atoms with Crippen molar-refractivity contribution < 1.29 is 14.0 Å². The van der Waals surface area contributed by atoms with Gasteiger partial charge in [0.2, 0.25) is 11.8 Å². The molecule has 0 radical (unpaired) electrons. The van der Waals surface area contributed by atoms with Crippen LogP contribution in [-0.2, 0) is 9.59 Å². The first kappa shape index (κ1) is 17.8. The molecule has 3 aromatic rings. The molecular formula is C19H16N2O4S. The third-order valence-electron chi connectivity index (χ3n) is 3.43. The van der Waals surface area contributed by atoms with Crippen LogP contribution in [0.1, 0.15) is 0 Å². The highest BCUT2D eigenvalue weighted by Gasteiger charge is 2.07.